The molecule has 2 aliphatic rings. The maximum atomic E-state index is 11.8. The van der Waals surface area contributed by atoms with Gasteiger partial charge in [-0.25, -0.2) is 4.79 Å². The largest absolute Gasteiger partial charge is 0.454 e. The number of hydrogen-bond donors (Lipinski definition) is 2. The lowest BCUT2D eigenvalue weighted by Gasteiger charge is -2.36. The Balaban J connectivity index is 1.16. The summed E-state index contributed by atoms with van der Waals surface area (Å²) in [6.07, 6.45) is 1.43. The predicted octanol–water partition coefficient (Wildman–Crippen LogP) is 2.96. The molecule has 136 valence electrons. The molecule has 0 aromatic heterocycles. The van der Waals surface area contributed by atoms with Crippen molar-refractivity contribution in [2.24, 2.45) is 0 Å². The summed E-state index contributed by atoms with van der Waals surface area (Å²) in [6.45, 7) is 1.30. The number of carbonyl (C=O) groups excluding carboxylic acids is 1. The number of hydrogen-bond acceptors (Lipinski definition) is 5. The van der Waals surface area contributed by atoms with Crippen molar-refractivity contribution >= 4 is 6.09 Å². The topological polar surface area (TPSA) is 68.8 Å². The predicted molar refractivity (Wildman–Crippen MR) is 96.0 cm³/mol. The Labute approximate surface area is 152 Å². The molecule has 2 N–H and O–H groups in total. The van der Waals surface area contributed by atoms with E-state index in [1.807, 2.05) is 48.5 Å². The zero-order valence-electron chi connectivity index (χ0n) is 14.4. The summed E-state index contributed by atoms with van der Waals surface area (Å²) in [4.78, 5) is 11.8. The number of rotatable bonds is 6. The molecule has 1 fully saturated rings. The summed E-state index contributed by atoms with van der Waals surface area (Å²) in [5, 5.41) is 6.41. The van der Waals surface area contributed by atoms with Gasteiger partial charge in [0.15, 0.2) is 11.5 Å². The van der Waals surface area contributed by atoms with E-state index in [1.165, 1.54) is 0 Å². The molecule has 2 aromatic rings. The van der Waals surface area contributed by atoms with Crippen LogP contribution in [-0.2, 0) is 17.9 Å². The Morgan fingerprint density at radius 3 is 2.73 bits per heavy atom. The Morgan fingerprint density at radius 1 is 1.04 bits per heavy atom. The Bertz CT molecular complexity index is 760. The number of nitrogens with one attached hydrogen (secondary N) is 2. The average molecular weight is 354 g/mol. The van der Waals surface area contributed by atoms with Crippen molar-refractivity contribution in [1.29, 1.82) is 0 Å². The van der Waals surface area contributed by atoms with Crippen LogP contribution in [0.5, 0.6) is 11.5 Å². The molecule has 26 heavy (non-hydrogen) atoms. The van der Waals surface area contributed by atoms with Gasteiger partial charge in [0.25, 0.3) is 0 Å². The highest BCUT2D eigenvalue weighted by Gasteiger charge is 2.30. The molecule has 1 heterocycles. The van der Waals surface area contributed by atoms with Gasteiger partial charge in [-0.3, -0.25) is 0 Å². The Kier molecular flexibility index (Phi) is 4.93. The highest BCUT2D eigenvalue weighted by atomic mass is 16.7. The van der Waals surface area contributed by atoms with E-state index in [4.69, 9.17) is 14.2 Å². The fourth-order valence-corrected chi connectivity index (χ4v) is 3.22. The third kappa shape index (κ3) is 3.91. The second kappa shape index (κ2) is 7.66. The van der Waals surface area contributed by atoms with Gasteiger partial charge in [-0.15, -0.1) is 0 Å². The maximum absolute atomic E-state index is 11.8. The zero-order valence-corrected chi connectivity index (χ0v) is 14.4. The molecule has 0 spiro atoms. The van der Waals surface area contributed by atoms with E-state index in [1.54, 1.807) is 0 Å². The number of fused-ring (bicyclic) bond motifs is 1. The summed E-state index contributed by atoms with van der Waals surface area (Å²) in [7, 11) is 0. The first kappa shape index (κ1) is 16.7. The van der Waals surface area contributed by atoms with E-state index in [9.17, 15) is 4.79 Å². The third-order valence-corrected chi connectivity index (χ3v) is 4.73. The summed E-state index contributed by atoms with van der Waals surface area (Å²) in [5.74, 6) is 1.64. The number of benzene rings is 2. The molecule has 2 aromatic carbocycles. The minimum absolute atomic E-state index is 0.164. The van der Waals surface area contributed by atoms with Crippen LogP contribution in [0.2, 0.25) is 0 Å². The molecule has 0 saturated heterocycles. The molecule has 1 saturated carbocycles. The SMILES string of the molecule is O=C(NC1CC(NCc2cccc3c2OCO3)C1)OCc1ccccc1. The van der Waals surface area contributed by atoms with Crippen LogP contribution in [0.15, 0.2) is 48.5 Å². The van der Waals surface area contributed by atoms with Gasteiger partial charge in [0.05, 0.1) is 0 Å². The zero-order chi connectivity index (χ0) is 17.8. The van der Waals surface area contributed by atoms with E-state index >= 15 is 0 Å². The van der Waals surface area contributed by atoms with Gasteiger partial charge in [-0.1, -0.05) is 42.5 Å². The van der Waals surface area contributed by atoms with Crippen molar-refractivity contribution in [1.82, 2.24) is 10.6 Å². The number of amides is 1. The van der Waals surface area contributed by atoms with Gasteiger partial charge in [-0.2, -0.15) is 0 Å². The van der Waals surface area contributed by atoms with Crippen LogP contribution in [0.1, 0.15) is 24.0 Å². The highest BCUT2D eigenvalue weighted by molar-refractivity contribution is 5.67. The smallest absolute Gasteiger partial charge is 0.407 e. The quantitative estimate of drug-likeness (QED) is 0.835. The number of carbonyl (C=O) groups is 1. The van der Waals surface area contributed by atoms with Crippen LogP contribution in [-0.4, -0.2) is 25.0 Å². The Hall–Kier alpha value is -2.73. The van der Waals surface area contributed by atoms with Crippen LogP contribution in [0, 0.1) is 0 Å². The van der Waals surface area contributed by atoms with Crippen molar-refractivity contribution in [2.75, 3.05) is 6.79 Å². The summed E-state index contributed by atoms with van der Waals surface area (Å²) in [5.41, 5.74) is 2.08. The van der Waals surface area contributed by atoms with Crippen molar-refractivity contribution in [3.63, 3.8) is 0 Å². The molecule has 0 atom stereocenters. The molecule has 4 rings (SSSR count). The van der Waals surface area contributed by atoms with Gasteiger partial charge in [0.1, 0.15) is 6.61 Å². The van der Waals surface area contributed by atoms with E-state index in [0.29, 0.717) is 12.6 Å². The van der Waals surface area contributed by atoms with E-state index in [-0.39, 0.29) is 18.9 Å². The number of ether oxygens (including phenoxy) is 3. The maximum Gasteiger partial charge on any atom is 0.407 e. The number of para-hydroxylation sites is 1. The second-order valence-electron chi connectivity index (χ2n) is 6.60. The molecule has 0 bridgehead atoms. The monoisotopic (exact) mass is 354 g/mol. The first-order chi connectivity index (χ1) is 12.8. The molecule has 0 unspecified atom stereocenters. The fourth-order valence-electron chi connectivity index (χ4n) is 3.22. The van der Waals surface area contributed by atoms with Crippen molar-refractivity contribution in [3.05, 3.63) is 59.7 Å². The van der Waals surface area contributed by atoms with Crippen LogP contribution in [0.3, 0.4) is 0 Å². The van der Waals surface area contributed by atoms with E-state index < -0.39 is 0 Å². The first-order valence-electron chi connectivity index (χ1n) is 8.86. The molecular weight excluding hydrogens is 332 g/mol. The molecule has 0 radical (unpaired) electrons. The second-order valence-corrected chi connectivity index (χ2v) is 6.60. The third-order valence-electron chi connectivity index (χ3n) is 4.73. The lowest BCUT2D eigenvalue weighted by Crippen LogP contribution is -2.52. The molecule has 6 heteroatoms. The van der Waals surface area contributed by atoms with Crippen molar-refractivity contribution in [3.8, 4) is 11.5 Å². The minimum atomic E-state index is -0.358. The average Bonchev–Trinajstić information content (AvgIpc) is 3.12. The fraction of sp³-hybridized carbons (Fsp3) is 0.350. The van der Waals surface area contributed by atoms with Gasteiger partial charge >= 0.3 is 6.09 Å². The lowest BCUT2D eigenvalue weighted by molar-refractivity contribution is 0.125. The molecule has 6 nitrogen and oxygen atoms in total. The molecule has 1 amide bonds. The molecular formula is C20H22N2O4. The molecule has 1 aliphatic carbocycles. The van der Waals surface area contributed by atoms with Crippen LogP contribution < -0.4 is 20.1 Å². The standard InChI is InChI=1S/C20H22N2O4/c23-20(24-12-14-5-2-1-3-6-14)22-17-9-16(10-17)21-11-15-7-4-8-18-19(15)26-13-25-18/h1-8,16-17,21H,9-13H2,(H,22,23). The summed E-state index contributed by atoms with van der Waals surface area (Å²) >= 11 is 0. The summed E-state index contributed by atoms with van der Waals surface area (Å²) < 4.78 is 16.2. The van der Waals surface area contributed by atoms with E-state index in [2.05, 4.69) is 10.6 Å². The van der Waals surface area contributed by atoms with Crippen LogP contribution >= 0.6 is 0 Å². The van der Waals surface area contributed by atoms with E-state index in [0.717, 1.165) is 42.0 Å². The highest BCUT2D eigenvalue weighted by Crippen LogP contribution is 2.35. The Morgan fingerprint density at radius 2 is 1.88 bits per heavy atom. The van der Waals surface area contributed by atoms with Crippen molar-refractivity contribution < 1.29 is 19.0 Å². The minimum Gasteiger partial charge on any atom is -0.454 e. The lowest BCUT2D eigenvalue weighted by atomic mass is 9.86. The van der Waals surface area contributed by atoms with Crippen molar-refractivity contribution in [2.45, 2.75) is 38.1 Å². The molecule has 1 aliphatic heterocycles. The summed E-state index contributed by atoms with van der Waals surface area (Å²) in [6, 6.07) is 16.1. The normalized spacial score (nSPS) is 20.3. The number of alkyl carbamates (subject to hydrolysis) is 1. The first-order valence-corrected chi connectivity index (χ1v) is 8.86. The van der Waals surface area contributed by atoms with Gasteiger partial charge in [0.2, 0.25) is 6.79 Å². The van der Waals surface area contributed by atoms with Crippen LogP contribution in [0.4, 0.5) is 4.79 Å². The van der Waals surface area contributed by atoms with Gasteiger partial charge < -0.3 is 24.8 Å². The van der Waals surface area contributed by atoms with Gasteiger partial charge in [-0.05, 0) is 24.5 Å². The van der Waals surface area contributed by atoms with Gasteiger partial charge in [0, 0.05) is 24.2 Å². The van der Waals surface area contributed by atoms with Crippen LogP contribution in [0.25, 0.3) is 0 Å².